The van der Waals surface area contributed by atoms with Crippen molar-refractivity contribution in [2.45, 2.75) is 19.9 Å². The summed E-state index contributed by atoms with van der Waals surface area (Å²) in [5.74, 6) is 0.632. The minimum Gasteiger partial charge on any atom is -0.364 e. The van der Waals surface area contributed by atoms with Gasteiger partial charge in [-0.15, -0.1) is 0 Å². The monoisotopic (exact) mass is 238 g/mol. The fraction of sp³-hybridized carbons (Fsp3) is 0.625. The van der Waals surface area contributed by atoms with E-state index in [9.17, 15) is 0 Å². The van der Waals surface area contributed by atoms with Gasteiger partial charge in [-0.3, -0.25) is 0 Å². The number of aromatic nitrogens is 3. The van der Waals surface area contributed by atoms with Crippen molar-refractivity contribution in [2.24, 2.45) is 5.11 Å². The zero-order chi connectivity index (χ0) is 12.7. The Kier molecular flexibility index (Phi) is 4.92. The minimum atomic E-state index is 0.00394. The lowest BCUT2D eigenvalue weighted by molar-refractivity contribution is 0.220. The predicted octanol–water partition coefficient (Wildman–Crippen LogP) is 1.65. The molecule has 0 fully saturated rings. The molecule has 0 saturated heterocycles. The molecule has 1 aromatic rings. The van der Waals surface area contributed by atoms with Gasteiger partial charge >= 0.3 is 0 Å². The standard InChI is InChI=1S/C8H14N8O/c1-5(2)11-7-12-6(10-4-17-3)13-8(14-7)15-16-9/h5H,4H2,1-3H3,(H2,10,11,12,13,14). The number of nitrogens with one attached hydrogen (secondary N) is 2. The number of methoxy groups -OCH3 is 1. The summed E-state index contributed by atoms with van der Waals surface area (Å²) in [6.45, 7) is 4.14. The SMILES string of the molecule is COCNc1nc(N=[N+]=[N-])nc(NC(C)C)n1. The zero-order valence-electron chi connectivity index (χ0n) is 9.88. The molecule has 17 heavy (non-hydrogen) atoms. The van der Waals surface area contributed by atoms with E-state index < -0.39 is 0 Å². The van der Waals surface area contributed by atoms with Gasteiger partial charge in [0.15, 0.2) is 0 Å². The Hall–Kier alpha value is -2.12. The molecule has 1 rings (SSSR count). The van der Waals surface area contributed by atoms with E-state index in [0.717, 1.165) is 0 Å². The number of hydrogen-bond acceptors (Lipinski definition) is 7. The van der Waals surface area contributed by atoms with Crippen LogP contribution in [0.5, 0.6) is 0 Å². The highest BCUT2D eigenvalue weighted by Crippen LogP contribution is 2.12. The average molecular weight is 238 g/mol. The van der Waals surface area contributed by atoms with Crippen LogP contribution in [0.3, 0.4) is 0 Å². The van der Waals surface area contributed by atoms with Crippen LogP contribution in [0.15, 0.2) is 5.11 Å². The number of ether oxygens (including phenoxy) is 1. The molecule has 1 aromatic heterocycles. The predicted molar refractivity (Wildman–Crippen MR) is 62.9 cm³/mol. The van der Waals surface area contributed by atoms with E-state index in [1.807, 2.05) is 13.8 Å². The van der Waals surface area contributed by atoms with Crippen molar-refractivity contribution in [3.05, 3.63) is 10.4 Å². The quantitative estimate of drug-likeness (QED) is 0.336. The first-order valence-corrected chi connectivity index (χ1v) is 4.96. The van der Waals surface area contributed by atoms with Gasteiger partial charge in [0.25, 0.3) is 0 Å². The van der Waals surface area contributed by atoms with Crippen LogP contribution in [0.2, 0.25) is 0 Å². The van der Waals surface area contributed by atoms with E-state index in [-0.39, 0.29) is 24.7 Å². The zero-order valence-corrected chi connectivity index (χ0v) is 9.88. The Morgan fingerprint density at radius 2 is 2.06 bits per heavy atom. The maximum absolute atomic E-state index is 8.35. The first-order chi connectivity index (χ1) is 8.15. The highest BCUT2D eigenvalue weighted by atomic mass is 16.5. The van der Waals surface area contributed by atoms with Crippen LogP contribution in [0.1, 0.15) is 13.8 Å². The van der Waals surface area contributed by atoms with Gasteiger partial charge in [-0.25, -0.2) is 0 Å². The summed E-state index contributed by atoms with van der Waals surface area (Å²) in [5, 5.41) is 9.13. The van der Waals surface area contributed by atoms with E-state index in [0.29, 0.717) is 5.95 Å². The third kappa shape index (κ3) is 4.49. The van der Waals surface area contributed by atoms with Gasteiger partial charge in [-0.1, -0.05) is 0 Å². The second kappa shape index (κ2) is 6.46. The van der Waals surface area contributed by atoms with E-state index in [1.54, 1.807) is 0 Å². The molecule has 0 saturated carbocycles. The van der Waals surface area contributed by atoms with E-state index in [4.69, 9.17) is 10.3 Å². The van der Waals surface area contributed by atoms with Crippen LogP contribution >= 0.6 is 0 Å². The number of nitrogens with zero attached hydrogens (tertiary/aromatic N) is 6. The molecule has 0 amide bonds. The van der Waals surface area contributed by atoms with Crippen LogP contribution in [0.4, 0.5) is 17.8 Å². The summed E-state index contributed by atoms with van der Waals surface area (Å²) in [6, 6.07) is 0.159. The van der Waals surface area contributed by atoms with Crippen molar-refractivity contribution in [1.82, 2.24) is 15.0 Å². The van der Waals surface area contributed by atoms with Gasteiger partial charge in [0, 0.05) is 18.1 Å². The third-order valence-electron chi connectivity index (χ3n) is 1.55. The smallest absolute Gasteiger partial charge is 0.229 e. The van der Waals surface area contributed by atoms with Crippen molar-refractivity contribution in [3.8, 4) is 0 Å². The van der Waals surface area contributed by atoms with Gasteiger partial charge in [-0.05, 0) is 24.5 Å². The fourth-order valence-electron chi connectivity index (χ4n) is 0.988. The summed E-state index contributed by atoms with van der Waals surface area (Å²) >= 11 is 0. The molecule has 0 atom stereocenters. The molecule has 0 aliphatic heterocycles. The minimum absolute atomic E-state index is 0.00394. The van der Waals surface area contributed by atoms with Crippen molar-refractivity contribution >= 4 is 17.8 Å². The molecule has 0 aliphatic rings. The molecule has 0 bridgehead atoms. The van der Waals surface area contributed by atoms with Gasteiger partial charge in [0.05, 0.1) is 0 Å². The molecule has 1 heterocycles. The Balaban J connectivity index is 2.95. The Labute approximate surface area is 98.3 Å². The van der Waals surface area contributed by atoms with E-state index in [2.05, 4.69) is 35.6 Å². The lowest BCUT2D eigenvalue weighted by Gasteiger charge is -2.10. The van der Waals surface area contributed by atoms with Crippen LogP contribution in [-0.2, 0) is 4.74 Å². The molecular weight excluding hydrogens is 224 g/mol. The Morgan fingerprint density at radius 3 is 2.65 bits per heavy atom. The molecular formula is C8H14N8O. The first kappa shape index (κ1) is 12.9. The molecule has 0 unspecified atom stereocenters. The van der Waals surface area contributed by atoms with Crippen LogP contribution in [-0.4, -0.2) is 34.8 Å². The normalized spacial score (nSPS) is 9.88. The molecule has 2 N–H and O–H groups in total. The highest BCUT2D eigenvalue weighted by molar-refractivity contribution is 5.39. The summed E-state index contributed by atoms with van der Waals surface area (Å²) in [4.78, 5) is 14.5. The molecule has 0 aromatic carbocycles. The van der Waals surface area contributed by atoms with Crippen LogP contribution < -0.4 is 10.6 Å². The van der Waals surface area contributed by atoms with E-state index >= 15 is 0 Å². The number of azide groups is 1. The fourth-order valence-corrected chi connectivity index (χ4v) is 0.988. The van der Waals surface area contributed by atoms with Gasteiger partial charge in [-0.2, -0.15) is 15.0 Å². The number of hydrogen-bond donors (Lipinski definition) is 2. The summed E-state index contributed by atoms with van der Waals surface area (Å²) < 4.78 is 4.83. The molecule has 0 aliphatic carbocycles. The maximum atomic E-state index is 8.35. The lowest BCUT2D eigenvalue weighted by atomic mass is 10.4. The van der Waals surface area contributed by atoms with Crippen LogP contribution in [0, 0.1) is 0 Å². The Morgan fingerprint density at radius 1 is 1.35 bits per heavy atom. The molecule has 0 spiro atoms. The molecule has 9 nitrogen and oxygen atoms in total. The van der Waals surface area contributed by atoms with Crippen molar-refractivity contribution in [1.29, 1.82) is 0 Å². The topological polar surface area (TPSA) is 121 Å². The summed E-state index contributed by atoms with van der Waals surface area (Å²) in [5.41, 5.74) is 8.35. The lowest BCUT2D eigenvalue weighted by Crippen LogP contribution is -2.15. The van der Waals surface area contributed by atoms with Crippen molar-refractivity contribution in [3.63, 3.8) is 0 Å². The van der Waals surface area contributed by atoms with Crippen molar-refractivity contribution < 1.29 is 4.74 Å². The maximum Gasteiger partial charge on any atom is 0.229 e. The molecule has 92 valence electrons. The van der Waals surface area contributed by atoms with E-state index in [1.165, 1.54) is 7.11 Å². The highest BCUT2D eigenvalue weighted by Gasteiger charge is 2.05. The van der Waals surface area contributed by atoms with Gasteiger partial charge in [0.1, 0.15) is 6.73 Å². The number of anilines is 2. The first-order valence-electron chi connectivity index (χ1n) is 4.96. The number of rotatable bonds is 6. The van der Waals surface area contributed by atoms with Crippen LogP contribution in [0.25, 0.3) is 10.4 Å². The molecule has 9 heteroatoms. The molecule has 0 radical (unpaired) electrons. The van der Waals surface area contributed by atoms with Gasteiger partial charge < -0.3 is 15.4 Å². The van der Waals surface area contributed by atoms with Gasteiger partial charge in [0.2, 0.25) is 17.8 Å². The Bertz CT molecular complexity index is 414. The summed E-state index contributed by atoms with van der Waals surface area (Å²) in [6.07, 6.45) is 0. The second-order valence-electron chi connectivity index (χ2n) is 3.38. The largest absolute Gasteiger partial charge is 0.364 e. The van der Waals surface area contributed by atoms with Crippen molar-refractivity contribution in [2.75, 3.05) is 24.5 Å². The third-order valence-corrected chi connectivity index (χ3v) is 1.55. The second-order valence-corrected chi connectivity index (χ2v) is 3.38. The average Bonchev–Trinajstić information content (AvgIpc) is 2.25. The summed E-state index contributed by atoms with van der Waals surface area (Å²) in [7, 11) is 1.54.